The summed E-state index contributed by atoms with van der Waals surface area (Å²) in [6, 6.07) is 20.2. The number of ether oxygens (including phenoxy) is 2. The molecule has 0 bridgehead atoms. The number of rotatable bonds is 12. The number of nitrogens with one attached hydrogen (secondary N) is 6. The Morgan fingerprint density at radius 3 is 1.17 bits per heavy atom. The van der Waals surface area contributed by atoms with Gasteiger partial charge in [-0.25, -0.2) is 27.6 Å². The van der Waals surface area contributed by atoms with Gasteiger partial charge in [0, 0.05) is 34.1 Å². The molecule has 15 heteroatoms. The summed E-state index contributed by atoms with van der Waals surface area (Å²) in [4.78, 5) is 49.6. The van der Waals surface area contributed by atoms with Crippen LogP contribution >= 0.6 is 0 Å². The molecule has 4 rings (SSSR count). The Labute approximate surface area is 309 Å². The van der Waals surface area contributed by atoms with Gasteiger partial charge in [-0.1, -0.05) is 39.8 Å². The number of aryl methyl sites for hydroxylation is 2. The van der Waals surface area contributed by atoms with Crippen LogP contribution in [-0.2, 0) is 19.3 Å². The second-order valence-corrected chi connectivity index (χ2v) is 15.0. The quantitative estimate of drug-likeness (QED) is 0.0828. The van der Waals surface area contributed by atoms with Crippen molar-refractivity contribution in [3.8, 4) is 0 Å². The molecule has 0 aliphatic carbocycles. The van der Waals surface area contributed by atoms with E-state index in [9.17, 15) is 27.6 Å². The lowest BCUT2D eigenvalue weighted by Gasteiger charge is -2.13. The van der Waals surface area contributed by atoms with Gasteiger partial charge in [0.1, 0.15) is 0 Å². The Balaban J connectivity index is 1.31. The highest BCUT2D eigenvalue weighted by Gasteiger charge is 2.18. The summed E-state index contributed by atoms with van der Waals surface area (Å²) in [5.74, 6) is 0.370. The molecule has 4 aromatic carbocycles. The summed E-state index contributed by atoms with van der Waals surface area (Å²) >= 11 is 0. The summed E-state index contributed by atoms with van der Waals surface area (Å²) in [5.41, 5.74) is 4.02. The molecule has 0 aliphatic heterocycles. The summed E-state index contributed by atoms with van der Waals surface area (Å²) in [6.07, 6.45) is -1.19. The van der Waals surface area contributed by atoms with E-state index in [2.05, 4.69) is 31.9 Å². The Bertz CT molecular complexity index is 1910. The van der Waals surface area contributed by atoms with Crippen molar-refractivity contribution >= 4 is 68.2 Å². The van der Waals surface area contributed by atoms with Crippen LogP contribution in [-0.4, -0.2) is 45.9 Å². The van der Waals surface area contributed by atoms with Gasteiger partial charge in [0.25, 0.3) is 0 Å². The Kier molecular flexibility index (Phi) is 13.4. The molecule has 0 heterocycles. The summed E-state index contributed by atoms with van der Waals surface area (Å²) in [7, 11) is -3.93. The van der Waals surface area contributed by atoms with Gasteiger partial charge < -0.3 is 30.7 Å². The van der Waals surface area contributed by atoms with Crippen molar-refractivity contribution in [2.45, 2.75) is 51.3 Å². The molecule has 53 heavy (non-hydrogen) atoms. The fourth-order valence-electron chi connectivity index (χ4n) is 4.60. The molecule has 6 N–H and O–H groups in total. The van der Waals surface area contributed by atoms with Gasteiger partial charge >= 0.3 is 24.2 Å². The molecule has 14 nitrogen and oxygen atoms in total. The van der Waals surface area contributed by atoms with Crippen LogP contribution < -0.4 is 31.9 Å². The summed E-state index contributed by atoms with van der Waals surface area (Å²) in [5, 5.41) is 16.0. The number of carbonyl (C=O) groups is 4. The van der Waals surface area contributed by atoms with Gasteiger partial charge in [-0.3, -0.25) is 10.6 Å². The molecule has 6 amide bonds. The van der Waals surface area contributed by atoms with Gasteiger partial charge in [0.2, 0.25) is 9.84 Å². The zero-order chi connectivity index (χ0) is 38.7. The van der Waals surface area contributed by atoms with Crippen molar-refractivity contribution in [2.75, 3.05) is 45.1 Å². The van der Waals surface area contributed by atoms with Crippen molar-refractivity contribution in [3.05, 3.63) is 96.1 Å². The first-order valence-corrected chi connectivity index (χ1v) is 18.3. The topological polar surface area (TPSA) is 193 Å². The van der Waals surface area contributed by atoms with E-state index in [1.165, 1.54) is 48.5 Å². The van der Waals surface area contributed by atoms with Gasteiger partial charge in [-0.05, 0) is 110 Å². The minimum Gasteiger partial charge on any atom is -0.449 e. The molecule has 0 aliphatic rings. The number of hydrogen-bond donors (Lipinski definition) is 6. The fourth-order valence-corrected chi connectivity index (χ4v) is 5.86. The Hall–Kier alpha value is -6.09. The van der Waals surface area contributed by atoms with E-state index < -0.39 is 34.1 Å². The van der Waals surface area contributed by atoms with Crippen LogP contribution in [0.25, 0.3) is 0 Å². The molecule has 0 radical (unpaired) electrons. The molecule has 0 saturated heterocycles. The summed E-state index contributed by atoms with van der Waals surface area (Å²) in [6.45, 7) is 11.9. The van der Waals surface area contributed by atoms with E-state index in [4.69, 9.17) is 9.47 Å². The molecular weight excluding hydrogens is 701 g/mol. The molecule has 0 atom stereocenters. The van der Waals surface area contributed by atoms with Gasteiger partial charge in [-0.15, -0.1) is 0 Å². The van der Waals surface area contributed by atoms with E-state index in [0.717, 1.165) is 11.1 Å². The van der Waals surface area contributed by atoms with E-state index in [0.29, 0.717) is 34.1 Å². The second kappa shape index (κ2) is 17.9. The minimum absolute atomic E-state index is 0.00242. The summed E-state index contributed by atoms with van der Waals surface area (Å²) < 4.78 is 37.0. The largest absolute Gasteiger partial charge is 0.449 e. The number of sulfone groups is 1. The van der Waals surface area contributed by atoms with Gasteiger partial charge in [0.15, 0.2) is 0 Å². The molecule has 0 spiro atoms. The standard InChI is InChI=1S/C38H44N6O8S/c1-23(2)21-51-37(47)43-33-19-29(9-7-25(33)5)41-35(45)39-27-11-15-31(16-12-27)53(49,50)32-17-13-28(14-18-32)40-36(46)42-30-10-8-26(6)34(20-30)44-38(48)52-22-24(3)4/h7-20,23-24H,21-22H2,1-6H3,(H,43,47)(H,44,48)(H2,39,41,45)(H2,40,42,46). The maximum absolute atomic E-state index is 13.3. The van der Waals surface area contributed by atoms with Gasteiger partial charge in [0.05, 0.1) is 23.0 Å². The number of urea groups is 2. The van der Waals surface area contributed by atoms with Crippen LogP contribution in [0.4, 0.5) is 53.3 Å². The smallest absolute Gasteiger partial charge is 0.411 e. The number of hydrogen-bond acceptors (Lipinski definition) is 8. The number of amides is 6. The second-order valence-electron chi connectivity index (χ2n) is 13.0. The van der Waals surface area contributed by atoms with E-state index in [1.54, 1.807) is 50.2 Å². The van der Waals surface area contributed by atoms with Crippen LogP contribution in [0, 0.1) is 25.7 Å². The van der Waals surface area contributed by atoms with Crippen LogP contribution in [0.2, 0.25) is 0 Å². The van der Waals surface area contributed by atoms with Crippen LogP contribution in [0.5, 0.6) is 0 Å². The van der Waals surface area contributed by atoms with E-state index >= 15 is 0 Å². The lowest BCUT2D eigenvalue weighted by molar-refractivity contribution is 0.147. The molecule has 0 fully saturated rings. The molecule has 0 saturated carbocycles. The monoisotopic (exact) mass is 744 g/mol. The first-order chi connectivity index (χ1) is 25.1. The average molecular weight is 745 g/mol. The third-order valence-electron chi connectivity index (χ3n) is 7.40. The number of carbonyl (C=O) groups excluding carboxylic acids is 4. The highest BCUT2D eigenvalue weighted by atomic mass is 32.2. The van der Waals surface area contributed by atoms with E-state index in [1.807, 2.05) is 27.7 Å². The number of benzene rings is 4. The molecule has 0 unspecified atom stereocenters. The van der Waals surface area contributed by atoms with Crippen LogP contribution in [0.3, 0.4) is 0 Å². The van der Waals surface area contributed by atoms with Crippen molar-refractivity contribution in [3.63, 3.8) is 0 Å². The highest BCUT2D eigenvalue weighted by Crippen LogP contribution is 2.26. The maximum atomic E-state index is 13.3. The van der Waals surface area contributed by atoms with E-state index in [-0.39, 0.29) is 34.8 Å². The first-order valence-electron chi connectivity index (χ1n) is 16.8. The zero-order valence-corrected chi connectivity index (χ0v) is 31.1. The van der Waals surface area contributed by atoms with Crippen molar-refractivity contribution in [1.29, 1.82) is 0 Å². The molecule has 0 aromatic heterocycles. The third-order valence-corrected chi connectivity index (χ3v) is 9.19. The fraction of sp³-hybridized carbons (Fsp3) is 0.263. The predicted octanol–water partition coefficient (Wildman–Crippen LogP) is 8.83. The molecule has 4 aromatic rings. The minimum atomic E-state index is -3.93. The van der Waals surface area contributed by atoms with Crippen LogP contribution in [0.15, 0.2) is 94.7 Å². The first kappa shape index (κ1) is 39.7. The van der Waals surface area contributed by atoms with Gasteiger partial charge in [-0.2, -0.15) is 0 Å². The predicted molar refractivity (Wildman–Crippen MR) is 206 cm³/mol. The normalized spacial score (nSPS) is 11.0. The molecule has 280 valence electrons. The molecular formula is C38H44N6O8S. The SMILES string of the molecule is Cc1ccc(NC(=O)Nc2ccc(S(=O)(=O)c3ccc(NC(=O)Nc4ccc(C)c(NC(=O)OCC(C)C)c4)cc3)cc2)cc1NC(=O)OCC(C)C. The zero-order valence-electron chi connectivity index (χ0n) is 30.3. The Morgan fingerprint density at radius 1 is 0.509 bits per heavy atom. The maximum Gasteiger partial charge on any atom is 0.411 e. The lowest BCUT2D eigenvalue weighted by atomic mass is 10.2. The average Bonchev–Trinajstić information content (AvgIpc) is 3.10. The van der Waals surface area contributed by atoms with Crippen LogP contribution in [0.1, 0.15) is 38.8 Å². The lowest BCUT2D eigenvalue weighted by Crippen LogP contribution is -2.20. The highest BCUT2D eigenvalue weighted by molar-refractivity contribution is 7.91. The number of anilines is 6. The van der Waals surface area contributed by atoms with Crippen molar-refractivity contribution in [2.24, 2.45) is 11.8 Å². The van der Waals surface area contributed by atoms with Crippen molar-refractivity contribution in [1.82, 2.24) is 0 Å². The van der Waals surface area contributed by atoms with Crippen molar-refractivity contribution < 1.29 is 37.1 Å². The Morgan fingerprint density at radius 2 is 0.830 bits per heavy atom. The third kappa shape index (κ3) is 12.0.